The third kappa shape index (κ3) is 5.99. The van der Waals surface area contributed by atoms with Crippen molar-refractivity contribution in [2.24, 2.45) is 11.8 Å². The van der Waals surface area contributed by atoms with Crippen molar-refractivity contribution in [3.05, 3.63) is 35.4 Å². The smallest absolute Gasteiger partial charge is 0.227 e. The fourth-order valence-electron chi connectivity index (χ4n) is 2.33. The molecule has 0 aliphatic carbocycles. The zero-order valence-corrected chi connectivity index (χ0v) is 13.6. The van der Waals surface area contributed by atoms with Crippen LogP contribution >= 0.6 is 0 Å². The fourth-order valence-corrected chi connectivity index (χ4v) is 2.33. The molecule has 0 fully saturated rings. The van der Waals surface area contributed by atoms with E-state index in [0.29, 0.717) is 25.4 Å². The van der Waals surface area contributed by atoms with Gasteiger partial charge in [0.2, 0.25) is 5.91 Å². The maximum atomic E-state index is 12.3. The quantitative estimate of drug-likeness (QED) is 0.770. The van der Waals surface area contributed by atoms with Crippen LogP contribution in [-0.4, -0.2) is 23.9 Å². The molecule has 0 heterocycles. The highest BCUT2D eigenvalue weighted by Gasteiger charge is 2.15. The molecule has 0 aromatic heterocycles. The maximum Gasteiger partial charge on any atom is 0.227 e. The molecule has 1 aromatic carbocycles. The number of hydrogen-bond acceptors (Lipinski definition) is 2. The molecule has 1 atom stereocenters. The highest BCUT2D eigenvalue weighted by molar-refractivity contribution is 5.78. The molecule has 3 heteroatoms. The summed E-state index contributed by atoms with van der Waals surface area (Å²) >= 11 is 0. The Hall–Kier alpha value is -1.82. The molecule has 0 aliphatic heterocycles. The first-order valence-electron chi connectivity index (χ1n) is 7.71. The minimum absolute atomic E-state index is 0.0937. The van der Waals surface area contributed by atoms with E-state index >= 15 is 0 Å². The molecular formula is C18H26N2O. The second-order valence-electron chi connectivity index (χ2n) is 6.05. The molecule has 3 nitrogen and oxygen atoms in total. The topological polar surface area (TPSA) is 44.1 Å². The number of carbonyl (C=O) groups excluding carboxylic acids is 1. The largest absolute Gasteiger partial charge is 0.341 e. The van der Waals surface area contributed by atoms with Crippen LogP contribution in [0.15, 0.2) is 24.3 Å². The van der Waals surface area contributed by atoms with E-state index in [4.69, 9.17) is 5.26 Å². The summed E-state index contributed by atoms with van der Waals surface area (Å²) < 4.78 is 0. The Morgan fingerprint density at radius 1 is 1.19 bits per heavy atom. The number of nitriles is 1. The third-order valence-corrected chi connectivity index (χ3v) is 3.47. The molecule has 0 spiro atoms. The summed E-state index contributed by atoms with van der Waals surface area (Å²) in [4.78, 5) is 14.0. The van der Waals surface area contributed by atoms with E-state index in [-0.39, 0.29) is 11.8 Å². The van der Waals surface area contributed by atoms with Crippen LogP contribution in [-0.2, 0) is 17.6 Å². The van der Waals surface area contributed by atoms with Crippen molar-refractivity contribution < 1.29 is 4.79 Å². The van der Waals surface area contributed by atoms with E-state index in [9.17, 15) is 4.79 Å². The van der Waals surface area contributed by atoms with E-state index in [1.54, 1.807) is 4.90 Å². The van der Waals surface area contributed by atoms with Gasteiger partial charge >= 0.3 is 0 Å². The van der Waals surface area contributed by atoms with Gasteiger partial charge in [-0.25, -0.2) is 0 Å². The van der Waals surface area contributed by atoms with Crippen molar-refractivity contribution in [1.29, 1.82) is 5.26 Å². The van der Waals surface area contributed by atoms with E-state index in [1.807, 2.05) is 26.0 Å². The van der Waals surface area contributed by atoms with Crippen molar-refractivity contribution in [3.8, 4) is 6.07 Å². The Bertz CT molecular complexity index is 485. The first-order valence-corrected chi connectivity index (χ1v) is 7.71. The molecule has 0 saturated carbocycles. The van der Waals surface area contributed by atoms with E-state index in [2.05, 4.69) is 32.0 Å². The first kappa shape index (κ1) is 17.2. The van der Waals surface area contributed by atoms with Gasteiger partial charge in [0.05, 0.1) is 18.4 Å². The van der Waals surface area contributed by atoms with Crippen molar-refractivity contribution in [3.63, 3.8) is 0 Å². The molecular weight excluding hydrogens is 260 g/mol. The van der Waals surface area contributed by atoms with Gasteiger partial charge in [-0.05, 0) is 37.3 Å². The molecule has 0 unspecified atom stereocenters. The third-order valence-electron chi connectivity index (χ3n) is 3.47. The Balaban J connectivity index is 2.63. The lowest BCUT2D eigenvalue weighted by Gasteiger charge is -2.22. The summed E-state index contributed by atoms with van der Waals surface area (Å²) in [6.07, 6.45) is 1.48. The van der Waals surface area contributed by atoms with Gasteiger partial charge in [0.25, 0.3) is 0 Å². The molecule has 0 radical (unpaired) electrons. The lowest BCUT2D eigenvalue weighted by atomic mass is 10.0. The van der Waals surface area contributed by atoms with Gasteiger partial charge < -0.3 is 4.90 Å². The van der Waals surface area contributed by atoms with Crippen molar-refractivity contribution >= 4 is 5.91 Å². The Morgan fingerprint density at radius 3 is 2.24 bits per heavy atom. The number of carbonyl (C=O) groups is 1. The van der Waals surface area contributed by atoms with Gasteiger partial charge in [0.15, 0.2) is 0 Å². The summed E-state index contributed by atoms with van der Waals surface area (Å²) in [5, 5.41) is 8.87. The van der Waals surface area contributed by atoms with Gasteiger partial charge in [0, 0.05) is 13.1 Å². The lowest BCUT2D eigenvalue weighted by molar-refractivity contribution is -0.130. The van der Waals surface area contributed by atoms with E-state index in [1.165, 1.54) is 5.56 Å². The predicted octanol–water partition coefficient (Wildman–Crippen LogP) is 3.44. The first-order chi connectivity index (χ1) is 9.96. The number of likely N-dealkylation sites (N-methyl/N-ethyl adjacent to an activating group) is 1. The van der Waals surface area contributed by atoms with Crippen LogP contribution in [0.3, 0.4) is 0 Å². The van der Waals surface area contributed by atoms with Gasteiger partial charge in [-0.3, -0.25) is 4.79 Å². The molecule has 1 amide bonds. The summed E-state index contributed by atoms with van der Waals surface area (Å²) in [6, 6.07) is 10.5. The molecule has 1 rings (SSSR count). The summed E-state index contributed by atoms with van der Waals surface area (Å²) in [6.45, 7) is 9.36. The van der Waals surface area contributed by atoms with Gasteiger partial charge in [-0.1, -0.05) is 38.1 Å². The number of nitrogens with zero attached hydrogens (tertiary/aromatic N) is 2. The minimum Gasteiger partial charge on any atom is -0.341 e. The average molecular weight is 286 g/mol. The van der Waals surface area contributed by atoms with Crippen LogP contribution < -0.4 is 0 Å². The number of rotatable bonds is 7. The average Bonchev–Trinajstić information content (AvgIpc) is 2.45. The molecule has 0 bridgehead atoms. The maximum absolute atomic E-state index is 12.3. The van der Waals surface area contributed by atoms with Gasteiger partial charge in [-0.2, -0.15) is 5.26 Å². The van der Waals surface area contributed by atoms with Crippen LogP contribution in [0.4, 0.5) is 0 Å². The van der Waals surface area contributed by atoms with Crippen molar-refractivity contribution in [2.45, 2.75) is 40.5 Å². The van der Waals surface area contributed by atoms with Crippen molar-refractivity contribution in [1.82, 2.24) is 4.90 Å². The molecule has 0 saturated heterocycles. The molecule has 0 N–H and O–H groups in total. The highest BCUT2D eigenvalue weighted by atomic mass is 16.2. The standard InChI is InChI=1S/C18H26N2O/c1-5-20(13-15(4)12-19)18(21)11-17-8-6-16(7-9-17)10-14(2)3/h6-9,14-15H,5,10-11,13H2,1-4H3/t15-/m0/s1. The zero-order chi connectivity index (χ0) is 15.8. The fraction of sp³-hybridized carbons (Fsp3) is 0.556. The molecule has 21 heavy (non-hydrogen) atoms. The van der Waals surface area contributed by atoms with Gasteiger partial charge in [0.1, 0.15) is 0 Å². The second kappa shape index (κ2) is 8.46. The Labute approximate surface area is 128 Å². The van der Waals surface area contributed by atoms with Crippen LogP contribution in [0, 0.1) is 23.2 Å². The molecule has 114 valence electrons. The van der Waals surface area contributed by atoms with Gasteiger partial charge in [-0.15, -0.1) is 0 Å². The Morgan fingerprint density at radius 2 is 1.76 bits per heavy atom. The van der Waals surface area contributed by atoms with Crippen LogP contribution in [0.25, 0.3) is 0 Å². The molecule has 0 aliphatic rings. The predicted molar refractivity (Wildman–Crippen MR) is 85.7 cm³/mol. The minimum atomic E-state index is -0.123. The van der Waals surface area contributed by atoms with E-state index in [0.717, 1.165) is 12.0 Å². The SMILES string of the molecule is CCN(C[C@@H](C)C#N)C(=O)Cc1ccc(CC(C)C)cc1. The second-order valence-corrected chi connectivity index (χ2v) is 6.05. The van der Waals surface area contributed by atoms with Crippen LogP contribution in [0.1, 0.15) is 38.8 Å². The van der Waals surface area contributed by atoms with Crippen LogP contribution in [0.5, 0.6) is 0 Å². The Kier molecular flexibility index (Phi) is 6.94. The monoisotopic (exact) mass is 286 g/mol. The normalized spacial score (nSPS) is 12.0. The number of amides is 1. The van der Waals surface area contributed by atoms with E-state index < -0.39 is 0 Å². The number of hydrogen-bond donors (Lipinski definition) is 0. The number of benzene rings is 1. The highest BCUT2D eigenvalue weighted by Crippen LogP contribution is 2.11. The molecule has 1 aromatic rings. The summed E-state index contributed by atoms with van der Waals surface area (Å²) in [5.74, 6) is 0.610. The van der Waals surface area contributed by atoms with Crippen LogP contribution in [0.2, 0.25) is 0 Å². The van der Waals surface area contributed by atoms with Crippen molar-refractivity contribution in [2.75, 3.05) is 13.1 Å². The summed E-state index contributed by atoms with van der Waals surface area (Å²) in [5.41, 5.74) is 2.35. The summed E-state index contributed by atoms with van der Waals surface area (Å²) in [7, 11) is 0. The zero-order valence-electron chi connectivity index (χ0n) is 13.6. The lowest BCUT2D eigenvalue weighted by Crippen LogP contribution is -2.35.